The fourth-order valence-electron chi connectivity index (χ4n) is 3.39. The van der Waals surface area contributed by atoms with Gasteiger partial charge in [-0.1, -0.05) is 0 Å². The van der Waals surface area contributed by atoms with Crippen LogP contribution >= 0.6 is 0 Å². The average Bonchev–Trinajstić information content (AvgIpc) is 3.34. The first kappa shape index (κ1) is 19.4. The molecule has 0 radical (unpaired) electrons. The van der Waals surface area contributed by atoms with Crippen molar-refractivity contribution in [2.45, 2.75) is 25.2 Å². The topological polar surface area (TPSA) is 109 Å². The number of hydrogen-bond acceptors (Lipinski definition) is 7. The number of nitrogens with zero attached hydrogens (tertiary/aromatic N) is 4. The van der Waals surface area contributed by atoms with Gasteiger partial charge in [0.05, 0.1) is 47.5 Å². The van der Waals surface area contributed by atoms with E-state index >= 15 is 0 Å². The van der Waals surface area contributed by atoms with Gasteiger partial charge in [0.2, 0.25) is 0 Å². The fourth-order valence-corrected chi connectivity index (χ4v) is 3.39. The minimum atomic E-state index is -4.48. The van der Waals surface area contributed by atoms with E-state index in [1.807, 2.05) is 4.90 Å². The van der Waals surface area contributed by atoms with Gasteiger partial charge >= 0.3 is 6.18 Å². The second kappa shape index (κ2) is 7.48. The van der Waals surface area contributed by atoms with E-state index in [0.717, 1.165) is 12.1 Å². The lowest BCUT2D eigenvalue weighted by Crippen LogP contribution is -2.44. The molecular weight excluding hydrogens is 389 g/mol. The lowest BCUT2D eigenvalue weighted by molar-refractivity contribution is -0.137. The van der Waals surface area contributed by atoms with Crippen LogP contribution in [0, 0.1) is 0 Å². The predicted molar refractivity (Wildman–Crippen MR) is 100 cm³/mol. The van der Waals surface area contributed by atoms with Gasteiger partial charge in [0, 0.05) is 13.2 Å². The number of alkyl halides is 3. The predicted octanol–water partition coefficient (Wildman–Crippen LogP) is 1.90. The molecule has 1 atom stereocenters. The summed E-state index contributed by atoms with van der Waals surface area (Å²) in [5.41, 5.74) is 1.06. The number of hydrogen-bond donors (Lipinski definition) is 4. The molecule has 4 N–H and O–H groups in total. The maximum absolute atomic E-state index is 13.2. The first-order valence-corrected chi connectivity index (χ1v) is 9.06. The van der Waals surface area contributed by atoms with Gasteiger partial charge in [0.1, 0.15) is 0 Å². The van der Waals surface area contributed by atoms with E-state index in [-0.39, 0.29) is 24.9 Å². The van der Waals surface area contributed by atoms with Gasteiger partial charge in [0.15, 0.2) is 11.7 Å². The van der Waals surface area contributed by atoms with E-state index in [4.69, 9.17) is 5.11 Å². The largest absolute Gasteiger partial charge is 0.416 e. The minimum Gasteiger partial charge on any atom is -0.396 e. The molecule has 11 heteroatoms. The second-order valence-electron chi connectivity index (χ2n) is 6.69. The van der Waals surface area contributed by atoms with Crippen molar-refractivity contribution in [3.63, 3.8) is 0 Å². The summed E-state index contributed by atoms with van der Waals surface area (Å²) in [6.45, 7) is 0.507. The van der Waals surface area contributed by atoms with Gasteiger partial charge in [0.25, 0.3) is 0 Å². The molecule has 29 heavy (non-hydrogen) atoms. The summed E-state index contributed by atoms with van der Waals surface area (Å²) < 4.78 is 39.6. The number of H-pyrrole nitrogens is 1. The van der Waals surface area contributed by atoms with Crippen molar-refractivity contribution in [2.75, 3.05) is 24.6 Å². The standard InChI is InChI=1S/C18H19F3N6O2/c19-18(20,21)10-2-3-14-12(6-10)24-16(22-4-1-5-28)17-23-8-15(27(14)17)13-7-11(9-29)25-26-13/h2-3,6-7,15,28-29H,1,4-5,8-9H2,(H,22,24)(H,25,26). The van der Waals surface area contributed by atoms with Crippen molar-refractivity contribution in [1.29, 1.82) is 0 Å². The van der Waals surface area contributed by atoms with Crippen molar-refractivity contribution in [2.24, 2.45) is 9.98 Å². The van der Waals surface area contributed by atoms with Crippen LogP contribution in [0.15, 0.2) is 34.3 Å². The molecule has 2 aromatic rings. The number of benzene rings is 1. The Morgan fingerprint density at radius 2 is 2.07 bits per heavy atom. The highest BCUT2D eigenvalue weighted by molar-refractivity contribution is 6.48. The number of aromatic nitrogens is 2. The number of aliphatic imine (C=N–C) groups is 2. The second-order valence-corrected chi connectivity index (χ2v) is 6.69. The summed E-state index contributed by atoms with van der Waals surface area (Å²) >= 11 is 0. The minimum absolute atomic E-state index is 0.0218. The molecule has 0 fully saturated rings. The van der Waals surface area contributed by atoms with Gasteiger partial charge in [-0.05, 0) is 30.7 Å². The number of nitrogens with one attached hydrogen (secondary N) is 2. The molecule has 2 aliphatic rings. The van der Waals surface area contributed by atoms with Crippen molar-refractivity contribution in [3.05, 3.63) is 41.2 Å². The van der Waals surface area contributed by atoms with Crippen LogP contribution in [0.2, 0.25) is 0 Å². The Hall–Kier alpha value is -2.92. The lowest BCUT2D eigenvalue weighted by Gasteiger charge is -2.32. The van der Waals surface area contributed by atoms with E-state index in [1.165, 1.54) is 6.07 Å². The molecule has 0 amide bonds. The third-order valence-corrected chi connectivity index (χ3v) is 4.76. The smallest absolute Gasteiger partial charge is 0.396 e. The molecule has 0 spiro atoms. The third-order valence-electron chi connectivity index (χ3n) is 4.76. The summed E-state index contributed by atoms with van der Waals surface area (Å²) in [7, 11) is 0. The Labute approximate surface area is 163 Å². The van der Waals surface area contributed by atoms with Crippen LogP contribution in [-0.2, 0) is 12.8 Å². The summed E-state index contributed by atoms with van der Waals surface area (Å²) in [6.07, 6.45) is -4.02. The van der Waals surface area contributed by atoms with Crippen LogP contribution in [0.4, 0.5) is 24.5 Å². The van der Waals surface area contributed by atoms with Crippen molar-refractivity contribution in [3.8, 4) is 0 Å². The van der Waals surface area contributed by atoms with E-state index in [9.17, 15) is 18.3 Å². The number of anilines is 1. The molecule has 154 valence electrons. The van der Waals surface area contributed by atoms with E-state index < -0.39 is 11.7 Å². The maximum atomic E-state index is 13.2. The quantitative estimate of drug-likeness (QED) is 0.565. The number of aliphatic hydroxyl groups is 2. The molecule has 0 saturated carbocycles. The van der Waals surface area contributed by atoms with Gasteiger partial charge in [-0.15, -0.1) is 0 Å². The SMILES string of the molecule is OCCCNC1=Nc2cc(C(F)(F)F)ccc2N2C1=NCC2c1cc(CO)n[nH]1. The highest BCUT2D eigenvalue weighted by Gasteiger charge is 2.39. The summed E-state index contributed by atoms with van der Waals surface area (Å²) in [6, 6.07) is 4.82. The van der Waals surface area contributed by atoms with Crippen molar-refractivity contribution in [1.82, 2.24) is 15.5 Å². The van der Waals surface area contributed by atoms with Crippen LogP contribution in [0.1, 0.15) is 29.4 Å². The van der Waals surface area contributed by atoms with Crippen LogP contribution in [0.25, 0.3) is 0 Å². The monoisotopic (exact) mass is 408 g/mol. The van der Waals surface area contributed by atoms with E-state index in [1.54, 1.807) is 6.07 Å². The maximum Gasteiger partial charge on any atom is 0.416 e. The number of amidine groups is 2. The Balaban J connectivity index is 1.75. The van der Waals surface area contributed by atoms with E-state index in [2.05, 4.69) is 25.5 Å². The Bertz CT molecular complexity index is 969. The highest BCUT2D eigenvalue weighted by atomic mass is 19.4. The highest BCUT2D eigenvalue weighted by Crippen LogP contribution is 2.43. The Kier molecular flexibility index (Phi) is 5.01. The Morgan fingerprint density at radius 3 is 2.76 bits per heavy atom. The van der Waals surface area contributed by atoms with E-state index in [0.29, 0.717) is 48.3 Å². The molecule has 1 aromatic carbocycles. The van der Waals surface area contributed by atoms with Crippen LogP contribution in [-0.4, -0.2) is 51.8 Å². The first-order chi connectivity index (χ1) is 13.9. The lowest BCUT2D eigenvalue weighted by atomic mass is 10.1. The molecule has 0 bridgehead atoms. The molecule has 3 heterocycles. The number of aromatic amines is 1. The first-order valence-electron chi connectivity index (χ1n) is 9.06. The molecule has 4 rings (SSSR count). The van der Waals surface area contributed by atoms with Crippen LogP contribution in [0.3, 0.4) is 0 Å². The van der Waals surface area contributed by atoms with Crippen molar-refractivity contribution >= 4 is 23.0 Å². The molecule has 0 aliphatic carbocycles. The number of rotatable bonds is 5. The number of halogens is 3. The summed E-state index contributed by atoms with van der Waals surface area (Å²) in [5, 5.41) is 28.2. The zero-order valence-electron chi connectivity index (χ0n) is 15.2. The molecule has 1 unspecified atom stereocenters. The summed E-state index contributed by atoms with van der Waals surface area (Å²) in [5.74, 6) is 0.870. The zero-order valence-corrected chi connectivity index (χ0v) is 15.2. The van der Waals surface area contributed by atoms with Crippen LogP contribution in [0.5, 0.6) is 0 Å². The molecule has 2 aliphatic heterocycles. The zero-order chi connectivity index (χ0) is 20.6. The summed E-state index contributed by atoms with van der Waals surface area (Å²) in [4.78, 5) is 10.7. The molecule has 0 saturated heterocycles. The van der Waals surface area contributed by atoms with Gasteiger partial charge in [-0.25, -0.2) is 4.99 Å². The fraction of sp³-hybridized carbons (Fsp3) is 0.389. The van der Waals surface area contributed by atoms with Gasteiger partial charge in [-0.2, -0.15) is 18.3 Å². The molecular formula is C18H19F3N6O2. The normalized spacial score (nSPS) is 18.2. The average molecular weight is 408 g/mol. The number of fused-ring (bicyclic) bond motifs is 3. The van der Waals surface area contributed by atoms with Gasteiger partial charge < -0.3 is 20.4 Å². The third kappa shape index (κ3) is 3.58. The molecule has 1 aromatic heterocycles. The van der Waals surface area contributed by atoms with Gasteiger partial charge in [-0.3, -0.25) is 10.1 Å². The van der Waals surface area contributed by atoms with Crippen LogP contribution < -0.4 is 10.2 Å². The Morgan fingerprint density at radius 1 is 1.24 bits per heavy atom. The molecule has 8 nitrogen and oxygen atoms in total. The van der Waals surface area contributed by atoms with Crippen molar-refractivity contribution < 1.29 is 23.4 Å². The number of aliphatic hydroxyl groups excluding tert-OH is 2.